The SMILES string of the molecule is COC(=O)CCc1ccccc1C1=CCN(C(=O)O)CC1. The smallest absolute Gasteiger partial charge is 0.407 e. The molecule has 112 valence electrons. The fourth-order valence-electron chi connectivity index (χ4n) is 2.48. The number of ether oxygens (including phenoxy) is 1. The van der Waals surface area contributed by atoms with Gasteiger partial charge in [0, 0.05) is 19.5 Å². The lowest BCUT2D eigenvalue weighted by Crippen LogP contribution is -2.33. The maximum Gasteiger partial charge on any atom is 0.407 e. The van der Waals surface area contributed by atoms with E-state index in [-0.39, 0.29) is 5.97 Å². The van der Waals surface area contributed by atoms with Gasteiger partial charge in [-0.1, -0.05) is 30.3 Å². The Kier molecular flexibility index (Phi) is 4.98. The number of carbonyl (C=O) groups excluding carboxylic acids is 1. The van der Waals surface area contributed by atoms with E-state index in [0.29, 0.717) is 32.4 Å². The first kappa shape index (κ1) is 15.1. The van der Waals surface area contributed by atoms with Crippen molar-refractivity contribution in [2.45, 2.75) is 19.3 Å². The molecule has 1 aromatic carbocycles. The molecule has 1 N–H and O–H groups in total. The lowest BCUT2D eigenvalue weighted by molar-refractivity contribution is -0.140. The molecule has 0 bridgehead atoms. The highest BCUT2D eigenvalue weighted by Gasteiger charge is 2.18. The molecule has 0 fully saturated rings. The Balaban J connectivity index is 2.13. The number of hydrogen-bond donors (Lipinski definition) is 1. The topological polar surface area (TPSA) is 66.8 Å². The Morgan fingerprint density at radius 1 is 1.33 bits per heavy atom. The van der Waals surface area contributed by atoms with Crippen LogP contribution >= 0.6 is 0 Å². The largest absolute Gasteiger partial charge is 0.469 e. The second-order valence-electron chi connectivity index (χ2n) is 4.94. The summed E-state index contributed by atoms with van der Waals surface area (Å²) in [5, 5.41) is 8.97. The van der Waals surface area contributed by atoms with Crippen LogP contribution in [0.3, 0.4) is 0 Å². The minimum absolute atomic E-state index is 0.223. The number of carboxylic acid groups (broad SMARTS) is 1. The highest BCUT2D eigenvalue weighted by molar-refractivity contribution is 5.74. The molecule has 1 aliphatic heterocycles. The molecule has 21 heavy (non-hydrogen) atoms. The summed E-state index contributed by atoms with van der Waals surface area (Å²) >= 11 is 0. The van der Waals surface area contributed by atoms with Gasteiger partial charge in [-0.05, 0) is 29.5 Å². The van der Waals surface area contributed by atoms with Gasteiger partial charge in [-0.2, -0.15) is 0 Å². The molecule has 5 heteroatoms. The van der Waals surface area contributed by atoms with E-state index in [2.05, 4.69) is 4.74 Å². The third-order valence-corrected chi connectivity index (χ3v) is 3.67. The van der Waals surface area contributed by atoms with Crippen molar-refractivity contribution in [3.63, 3.8) is 0 Å². The predicted octanol–water partition coefficient (Wildman–Crippen LogP) is 2.56. The van der Waals surface area contributed by atoms with Gasteiger partial charge in [0.05, 0.1) is 7.11 Å². The molecule has 0 aromatic heterocycles. The maximum atomic E-state index is 11.3. The van der Waals surface area contributed by atoms with Crippen molar-refractivity contribution in [2.75, 3.05) is 20.2 Å². The Hall–Kier alpha value is -2.30. The van der Waals surface area contributed by atoms with E-state index in [1.165, 1.54) is 12.0 Å². The van der Waals surface area contributed by atoms with E-state index < -0.39 is 6.09 Å². The number of carbonyl (C=O) groups is 2. The number of rotatable bonds is 4. The second-order valence-corrected chi connectivity index (χ2v) is 4.94. The molecule has 1 amide bonds. The molecule has 0 atom stereocenters. The number of hydrogen-bond acceptors (Lipinski definition) is 3. The van der Waals surface area contributed by atoms with Gasteiger partial charge in [-0.3, -0.25) is 4.79 Å². The van der Waals surface area contributed by atoms with Crippen molar-refractivity contribution >= 4 is 17.6 Å². The summed E-state index contributed by atoms with van der Waals surface area (Å²) < 4.78 is 4.67. The van der Waals surface area contributed by atoms with Crippen LogP contribution in [0, 0.1) is 0 Å². The van der Waals surface area contributed by atoms with Crippen LogP contribution in [0.4, 0.5) is 4.79 Å². The van der Waals surface area contributed by atoms with Crippen molar-refractivity contribution in [1.82, 2.24) is 4.90 Å². The Morgan fingerprint density at radius 2 is 2.10 bits per heavy atom. The molecule has 0 radical (unpaired) electrons. The van der Waals surface area contributed by atoms with E-state index in [0.717, 1.165) is 16.7 Å². The standard InChI is InChI=1S/C16H19NO4/c1-21-15(18)7-6-12-4-2-3-5-14(12)13-8-10-17(11-9-13)16(19)20/h2-5,8H,6-7,9-11H2,1H3,(H,19,20). The van der Waals surface area contributed by atoms with E-state index in [1.807, 2.05) is 30.3 Å². The fraction of sp³-hybridized carbons (Fsp3) is 0.375. The summed E-state index contributed by atoms with van der Waals surface area (Å²) in [6.07, 6.45) is 2.74. The number of amides is 1. The number of benzene rings is 1. The van der Waals surface area contributed by atoms with Crippen molar-refractivity contribution in [3.05, 3.63) is 41.5 Å². The first-order chi connectivity index (χ1) is 10.1. The van der Waals surface area contributed by atoms with Crippen LogP contribution in [0.15, 0.2) is 30.3 Å². The molecule has 2 rings (SSSR count). The normalized spacial score (nSPS) is 14.5. The number of nitrogens with zero attached hydrogens (tertiary/aromatic N) is 1. The van der Waals surface area contributed by atoms with Crippen LogP contribution in [0.2, 0.25) is 0 Å². The molecule has 0 aliphatic carbocycles. The van der Waals surface area contributed by atoms with Gasteiger partial charge in [0.1, 0.15) is 0 Å². The van der Waals surface area contributed by atoms with Gasteiger partial charge in [-0.25, -0.2) is 4.79 Å². The molecule has 0 saturated carbocycles. The van der Waals surface area contributed by atoms with Crippen molar-refractivity contribution in [1.29, 1.82) is 0 Å². The number of aryl methyl sites for hydroxylation is 1. The van der Waals surface area contributed by atoms with Gasteiger partial charge in [0.25, 0.3) is 0 Å². The summed E-state index contributed by atoms with van der Waals surface area (Å²) in [5.41, 5.74) is 3.34. The molecular formula is C16H19NO4. The number of methoxy groups -OCH3 is 1. The molecule has 0 unspecified atom stereocenters. The van der Waals surface area contributed by atoms with E-state index in [1.54, 1.807) is 0 Å². The molecule has 5 nitrogen and oxygen atoms in total. The Morgan fingerprint density at radius 3 is 2.71 bits per heavy atom. The average molecular weight is 289 g/mol. The molecule has 0 spiro atoms. The molecule has 0 saturated heterocycles. The molecule has 1 aromatic rings. The molecule has 1 heterocycles. The van der Waals surface area contributed by atoms with Gasteiger partial charge < -0.3 is 14.7 Å². The van der Waals surface area contributed by atoms with Gasteiger partial charge in [0.2, 0.25) is 0 Å². The summed E-state index contributed by atoms with van der Waals surface area (Å²) in [4.78, 5) is 23.6. The van der Waals surface area contributed by atoms with Gasteiger partial charge in [0.15, 0.2) is 0 Å². The molecular weight excluding hydrogens is 270 g/mol. The summed E-state index contributed by atoms with van der Waals surface area (Å²) in [6, 6.07) is 7.93. The van der Waals surface area contributed by atoms with Crippen molar-refractivity contribution < 1.29 is 19.4 Å². The summed E-state index contributed by atoms with van der Waals surface area (Å²) in [5.74, 6) is -0.223. The maximum absolute atomic E-state index is 11.3. The van der Waals surface area contributed by atoms with Crippen LogP contribution in [0.25, 0.3) is 5.57 Å². The predicted molar refractivity (Wildman–Crippen MR) is 79.0 cm³/mol. The third kappa shape index (κ3) is 3.84. The van der Waals surface area contributed by atoms with E-state index in [4.69, 9.17) is 5.11 Å². The summed E-state index contributed by atoms with van der Waals surface area (Å²) in [7, 11) is 1.39. The van der Waals surface area contributed by atoms with Crippen LogP contribution < -0.4 is 0 Å². The minimum Gasteiger partial charge on any atom is -0.469 e. The van der Waals surface area contributed by atoms with Crippen molar-refractivity contribution in [3.8, 4) is 0 Å². The number of esters is 1. The first-order valence-electron chi connectivity index (χ1n) is 6.94. The van der Waals surface area contributed by atoms with E-state index in [9.17, 15) is 9.59 Å². The van der Waals surface area contributed by atoms with E-state index >= 15 is 0 Å². The Labute approximate surface area is 123 Å². The minimum atomic E-state index is -0.885. The zero-order valence-electron chi connectivity index (χ0n) is 12.0. The highest BCUT2D eigenvalue weighted by Crippen LogP contribution is 2.26. The van der Waals surface area contributed by atoms with Crippen LogP contribution in [-0.2, 0) is 16.0 Å². The Bertz CT molecular complexity index is 565. The highest BCUT2D eigenvalue weighted by atomic mass is 16.5. The zero-order valence-corrected chi connectivity index (χ0v) is 12.0. The first-order valence-corrected chi connectivity index (χ1v) is 6.94. The molecule has 1 aliphatic rings. The van der Waals surface area contributed by atoms with Crippen LogP contribution in [0.5, 0.6) is 0 Å². The van der Waals surface area contributed by atoms with Crippen LogP contribution in [0.1, 0.15) is 24.0 Å². The zero-order chi connectivity index (χ0) is 15.2. The second kappa shape index (κ2) is 6.92. The van der Waals surface area contributed by atoms with Crippen LogP contribution in [-0.4, -0.2) is 42.3 Å². The fourth-order valence-corrected chi connectivity index (χ4v) is 2.48. The quantitative estimate of drug-likeness (QED) is 0.865. The lowest BCUT2D eigenvalue weighted by atomic mass is 9.93. The average Bonchev–Trinajstić information content (AvgIpc) is 2.53. The van der Waals surface area contributed by atoms with Gasteiger partial charge in [-0.15, -0.1) is 0 Å². The summed E-state index contributed by atoms with van der Waals surface area (Å²) in [6.45, 7) is 0.919. The monoisotopic (exact) mass is 289 g/mol. The lowest BCUT2D eigenvalue weighted by Gasteiger charge is -2.24. The third-order valence-electron chi connectivity index (χ3n) is 3.67. The van der Waals surface area contributed by atoms with Crippen molar-refractivity contribution in [2.24, 2.45) is 0 Å². The van der Waals surface area contributed by atoms with Gasteiger partial charge >= 0.3 is 12.1 Å².